The van der Waals surface area contributed by atoms with Gasteiger partial charge in [0.25, 0.3) is 0 Å². The Labute approximate surface area is 130 Å². The van der Waals surface area contributed by atoms with Crippen LogP contribution in [-0.4, -0.2) is 43.3 Å². The smallest absolute Gasteiger partial charge is 0.0681 e. The van der Waals surface area contributed by atoms with E-state index >= 15 is 0 Å². The zero-order valence-electron chi connectivity index (χ0n) is 13.9. The van der Waals surface area contributed by atoms with E-state index in [0.29, 0.717) is 0 Å². The van der Waals surface area contributed by atoms with Crippen molar-refractivity contribution in [3.05, 3.63) is 35.9 Å². The molecule has 0 aliphatic heterocycles. The highest BCUT2D eigenvalue weighted by molar-refractivity contribution is 5.24. The first kappa shape index (κ1) is 18.1. The van der Waals surface area contributed by atoms with Gasteiger partial charge in [-0.05, 0) is 38.5 Å². The number of hydrogen-bond donors (Lipinski definition) is 2. The molecule has 0 saturated carbocycles. The van der Waals surface area contributed by atoms with E-state index in [-0.39, 0.29) is 12.1 Å². The van der Waals surface area contributed by atoms with E-state index in [9.17, 15) is 5.11 Å². The van der Waals surface area contributed by atoms with Gasteiger partial charge in [0.15, 0.2) is 0 Å². The third-order valence-electron chi connectivity index (χ3n) is 4.18. The van der Waals surface area contributed by atoms with Crippen LogP contribution in [0.1, 0.15) is 45.1 Å². The first-order valence-electron chi connectivity index (χ1n) is 8.28. The van der Waals surface area contributed by atoms with Crippen LogP contribution < -0.4 is 5.32 Å². The molecule has 0 aliphatic carbocycles. The number of aliphatic hydroxyl groups is 1. The molecule has 1 aromatic rings. The molecule has 0 saturated heterocycles. The Morgan fingerprint density at radius 1 is 1.10 bits per heavy atom. The topological polar surface area (TPSA) is 35.5 Å². The number of rotatable bonds is 11. The fourth-order valence-electron chi connectivity index (χ4n) is 2.78. The molecule has 0 aliphatic rings. The van der Waals surface area contributed by atoms with Crippen LogP contribution in [0.5, 0.6) is 0 Å². The summed E-state index contributed by atoms with van der Waals surface area (Å²) in [6.07, 6.45) is 4.73. The van der Waals surface area contributed by atoms with Gasteiger partial charge in [0.2, 0.25) is 0 Å². The van der Waals surface area contributed by atoms with Crippen molar-refractivity contribution in [2.75, 3.05) is 33.3 Å². The molecule has 0 amide bonds. The zero-order chi connectivity index (χ0) is 15.6. The Morgan fingerprint density at radius 3 is 2.38 bits per heavy atom. The van der Waals surface area contributed by atoms with Crippen LogP contribution in [0.3, 0.4) is 0 Å². The highest BCUT2D eigenvalue weighted by Gasteiger charge is 2.30. The molecule has 1 unspecified atom stereocenters. The predicted octanol–water partition coefficient (Wildman–Crippen LogP) is 3.00. The fraction of sp³-hybridized carbons (Fsp3) is 0.667. The van der Waals surface area contributed by atoms with E-state index in [4.69, 9.17) is 0 Å². The molecule has 0 fully saturated rings. The Morgan fingerprint density at radius 2 is 1.81 bits per heavy atom. The van der Waals surface area contributed by atoms with Crippen molar-refractivity contribution in [1.82, 2.24) is 10.2 Å². The SMILES string of the molecule is CCCCCN(C)CCC(CO)(NCC)c1ccccc1. The molecule has 0 aromatic heterocycles. The molecule has 3 heteroatoms. The number of nitrogens with zero attached hydrogens (tertiary/aromatic N) is 1. The number of benzene rings is 1. The van der Waals surface area contributed by atoms with Crippen LogP contribution in [0.4, 0.5) is 0 Å². The van der Waals surface area contributed by atoms with Gasteiger partial charge < -0.3 is 15.3 Å². The average Bonchev–Trinajstić information content (AvgIpc) is 2.52. The van der Waals surface area contributed by atoms with Gasteiger partial charge in [-0.2, -0.15) is 0 Å². The third-order valence-corrected chi connectivity index (χ3v) is 4.18. The van der Waals surface area contributed by atoms with E-state index in [0.717, 1.165) is 26.1 Å². The molecule has 3 nitrogen and oxygen atoms in total. The lowest BCUT2D eigenvalue weighted by Crippen LogP contribution is -2.47. The predicted molar refractivity (Wildman–Crippen MR) is 90.5 cm³/mol. The summed E-state index contributed by atoms with van der Waals surface area (Å²) in [5.41, 5.74) is 0.853. The van der Waals surface area contributed by atoms with E-state index in [1.54, 1.807) is 0 Å². The maximum Gasteiger partial charge on any atom is 0.0681 e. The zero-order valence-corrected chi connectivity index (χ0v) is 13.9. The Hall–Kier alpha value is -0.900. The minimum Gasteiger partial charge on any atom is -0.394 e. The van der Waals surface area contributed by atoms with Gasteiger partial charge in [0.05, 0.1) is 12.1 Å². The normalized spacial score (nSPS) is 14.3. The summed E-state index contributed by atoms with van der Waals surface area (Å²) in [7, 11) is 2.18. The minimum absolute atomic E-state index is 0.133. The number of nitrogens with one attached hydrogen (secondary N) is 1. The van der Waals surface area contributed by atoms with Gasteiger partial charge in [-0.25, -0.2) is 0 Å². The summed E-state index contributed by atoms with van der Waals surface area (Å²) in [4.78, 5) is 2.38. The molecule has 0 bridgehead atoms. The summed E-state index contributed by atoms with van der Waals surface area (Å²) in [6.45, 7) is 7.45. The van der Waals surface area contributed by atoms with Gasteiger partial charge >= 0.3 is 0 Å². The first-order valence-corrected chi connectivity index (χ1v) is 8.28. The van der Waals surface area contributed by atoms with E-state index in [1.165, 1.54) is 24.8 Å². The van der Waals surface area contributed by atoms with Gasteiger partial charge in [-0.3, -0.25) is 0 Å². The summed E-state index contributed by atoms with van der Waals surface area (Å²) in [6, 6.07) is 10.3. The van der Waals surface area contributed by atoms with E-state index < -0.39 is 0 Å². The third kappa shape index (κ3) is 5.77. The second-order valence-electron chi connectivity index (χ2n) is 5.90. The number of hydrogen-bond acceptors (Lipinski definition) is 3. The van der Waals surface area contributed by atoms with Crippen molar-refractivity contribution in [2.45, 2.75) is 45.1 Å². The molecule has 0 radical (unpaired) electrons. The van der Waals surface area contributed by atoms with Crippen LogP contribution in [0, 0.1) is 0 Å². The first-order chi connectivity index (χ1) is 10.2. The second kappa shape index (κ2) is 9.93. The highest BCUT2D eigenvalue weighted by Crippen LogP contribution is 2.25. The van der Waals surface area contributed by atoms with Gasteiger partial charge in [-0.15, -0.1) is 0 Å². The molecule has 2 N–H and O–H groups in total. The maximum atomic E-state index is 10.0. The van der Waals surface area contributed by atoms with E-state index in [1.807, 2.05) is 18.2 Å². The summed E-state index contributed by atoms with van der Waals surface area (Å²) in [5, 5.41) is 13.5. The summed E-state index contributed by atoms with van der Waals surface area (Å²) >= 11 is 0. The monoisotopic (exact) mass is 292 g/mol. The van der Waals surface area contributed by atoms with Gasteiger partial charge in [0, 0.05) is 6.54 Å². The number of unbranched alkanes of at least 4 members (excludes halogenated alkanes) is 2. The molecule has 0 heterocycles. The quantitative estimate of drug-likeness (QED) is 0.616. The molecule has 1 aromatic carbocycles. The summed E-state index contributed by atoms with van der Waals surface area (Å²) in [5.74, 6) is 0. The van der Waals surface area contributed by atoms with Crippen molar-refractivity contribution in [3.63, 3.8) is 0 Å². The fourth-order valence-corrected chi connectivity index (χ4v) is 2.78. The number of aliphatic hydroxyl groups excluding tert-OH is 1. The van der Waals surface area contributed by atoms with Crippen LogP contribution in [0.15, 0.2) is 30.3 Å². The van der Waals surface area contributed by atoms with Crippen molar-refractivity contribution in [3.8, 4) is 0 Å². The largest absolute Gasteiger partial charge is 0.394 e. The maximum absolute atomic E-state index is 10.0. The van der Waals surface area contributed by atoms with Crippen molar-refractivity contribution < 1.29 is 5.11 Å². The van der Waals surface area contributed by atoms with Gasteiger partial charge in [-0.1, -0.05) is 57.0 Å². The standard InChI is InChI=1S/C18H32N2O/c1-4-6-10-14-20(3)15-13-18(16-21,19-5-2)17-11-8-7-9-12-17/h7-9,11-12,19,21H,4-6,10,13-16H2,1-3H3. The van der Waals surface area contributed by atoms with Crippen LogP contribution in [0.2, 0.25) is 0 Å². The van der Waals surface area contributed by atoms with Crippen LogP contribution in [-0.2, 0) is 5.54 Å². The molecule has 1 atom stereocenters. The highest BCUT2D eigenvalue weighted by atomic mass is 16.3. The average molecular weight is 292 g/mol. The minimum atomic E-state index is -0.324. The molecule has 1 rings (SSSR count). The Balaban J connectivity index is 2.66. The molecule has 120 valence electrons. The lowest BCUT2D eigenvalue weighted by atomic mass is 9.87. The molecular weight excluding hydrogens is 260 g/mol. The molecule has 0 spiro atoms. The molecular formula is C18H32N2O. The van der Waals surface area contributed by atoms with E-state index in [2.05, 4.69) is 43.2 Å². The van der Waals surface area contributed by atoms with Crippen molar-refractivity contribution >= 4 is 0 Å². The number of likely N-dealkylation sites (N-methyl/N-ethyl adjacent to an activating group) is 1. The van der Waals surface area contributed by atoms with Crippen LogP contribution in [0.25, 0.3) is 0 Å². The summed E-state index contributed by atoms with van der Waals surface area (Å²) < 4.78 is 0. The second-order valence-corrected chi connectivity index (χ2v) is 5.90. The Bertz CT molecular complexity index is 369. The van der Waals surface area contributed by atoms with Crippen molar-refractivity contribution in [2.24, 2.45) is 0 Å². The van der Waals surface area contributed by atoms with Crippen LogP contribution >= 0.6 is 0 Å². The van der Waals surface area contributed by atoms with Crippen molar-refractivity contribution in [1.29, 1.82) is 0 Å². The lowest BCUT2D eigenvalue weighted by Gasteiger charge is -2.35. The lowest BCUT2D eigenvalue weighted by molar-refractivity contribution is 0.138. The Kier molecular flexibility index (Phi) is 8.58. The van der Waals surface area contributed by atoms with Gasteiger partial charge in [0.1, 0.15) is 0 Å². The molecule has 21 heavy (non-hydrogen) atoms.